The molecule has 1 aromatic carbocycles. The lowest BCUT2D eigenvalue weighted by atomic mass is 9.71. The van der Waals surface area contributed by atoms with Gasteiger partial charge in [-0.25, -0.2) is 0 Å². The average Bonchev–Trinajstić information content (AvgIpc) is 3.10. The van der Waals surface area contributed by atoms with Gasteiger partial charge in [-0.1, -0.05) is 30.3 Å². The fraction of sp³-hybridized carbons (Fsp3) is 0.368. The van der Waals surface area contributed by atoms with Crippen molar-refractivity contribution < 1.29 is 14.0 Å². The first-order chi connectivity index (χ1) is 11.7. The summed E-state index contributed by atoms with van der Waals surface area (Å²) in [5.41, 5.74) is 0.978. The normalized spacial score (nSPS) is 15.3. The van der Waals surface area contributed by atoms with E-state index >= 15 is 0 Å². The van der Waals surface area contributed by atoms with Crippen LogP contribution in [0.25, 0.3) is 0 Å². The summed E-state index contributed by atoms with van der Waals surface area (Å²) in [6.07, 6.45) is 5.56. The third kappa shape index (κ3) is 3.67. The predicted molar refractivity (Wildman–Crippen MR) is 90.4 cm³/mol. The zero-order valence-corrected chi connectivity index (χ0v) is 13.6. The number of furan rings is 1. The summed E-state index contributed by atoms with van der Waals surface area (Å²) < 4.78 is 5.02. The fourth-order valence-corrected chi connectivity index (χ4v) is 3.05. The van der Waals surface area contributed by atoms with Gasteiger partial charge in [0.15, 0.2) is 5.76 Å². The molecule has 2 aromatic rings. The van der Waals surface area contributed by atoms with E-state index in [1.165, 1.54) is 11.8 Å². The van der Waals surface area contributed by atoms with Crippen molar-refractivity contribution in [3.05, 3.63) is 60.1 Å². The van der Waals surface area contributed by atoms with Crippen molar-refractivity contribution in [2.75, 3.05) is 6.54 Å². The van der Waals surface area contributed by atoms with Gasteiger partial charge >= 0.3 is 0 Å². The first-order valence-corrected chi connectivity index (χ1v) is 8.38. The van der Waals surface area contributed by atoms with Crippen LogP contribution in [0.4, 0.5) is 0 Å². The van der Waals surface area contributed by atoms with Gasteiger partial charge in [0.25, 0.3) is 5.91 Å². The molecule has 1 aromatic heterocycles. The Hall–Kier alpha value is -2.56. The molecule has 0 bridgehead atoms. The van der Waals surface area contributed by atoms with E-state index < -0.39 is 0 Å². The summed E-state index contributed by atoms with van der Waals surface area (Å²) in [4.78, 5) is 24.0. The summed E-state index contributed by atoms with van der Waals surface area (Å²) in [7, 11) is 0. The van der Waals surface area contributed by atoms with Gasteiger partial charge in [0.2, 0.25) is 5.91 Å². The maximum Gasteiger partial charge on any atom is 0.286 e. The largest absolute Gasteiger partial charge is 0.459 e. The monoisotopic (exact) mass is 326 g/mol. The van der Waals surface area contributed by atoms with Gasteiger partial charge < -0.3 is 15.1 Å². The van der Waals surface area contributed by atoms with Crippen molar-refractivity contribution in [1.82, 2.24) is 10.6 Å². The molecule has 0 aliphatic heterocycles. The van der Waals surface area contributed by atoms with Crippen molar-refractivity contribution >= 4 is 11.8 Å². The molecule has 1 aliphatic rings. The lowest BCUT2D eigenvalue weighted by molar-refractivity contribution is -0.124. The topological polar surface area (TPSA) is 71.3 Å². The van der Waals surface area contributed by atoms with Gasteiger partial charge in [-0.05, 0) is 43.4 Å². The Morgan fingerprint density at radius 1 is 1.08 bits per heavy atom. The molecule has 1 saturated carbocycles. The first kappa shape index (κ1) is 16.3. The fourth-order valence-electron chi connectivity index (χ4n) is 3.05. The average molecular weight is 326 g/mol. The lowest BCUT2D eigenvalue weighted by Gasteiger charge is -2.43. The van der Waals surface area contributed by atoms with Crippen molar-refractivity contribution in [3.8, 4) is 0 Å². The van der Waals surface area contributed by atoms with Gasteiger partial charge in [0, 0.05) is 13.0 Å². The van der Waals surface area contributed by atoms with E-state index in [1.54, 1.807) is 12.1 Å². The van der Waals surface area contributed by atoms with Gasteiger partial charge in [-0.3, -0.25) is 9.59 Å². The van der Waals surface area contributed by atoms with E-state index in [1.807, 2.05) is 18.2 Å². The van der Waals surface area contributed by atoms with Crippen molar-refractivity contribution in [1.29, 1.82) is 0 Å². The molecule has 2 amide bonds. The van der Waals surface area contributed by atoms with Crippen molar-refractivity contribution in [3.63, 3.8) is 0 Å². The van der Waals surface area contributed by atoms with Crippen LogP contribution >= 0.6 is 0 Å². The Balaban J connectivity index is 1.43. The maximum absolute atomic E-state index is 12.3. The molecule has 0 spiro atoms. The minimum Gasteiger partial charge on any atom is -0.459 e. The summed E-state index contributed by atoms with van der Waals surface area (Å²) in [6.45, 7) is 0.450. The third-order valence-corrected chi connectivity index (χ3v) is 4.52. The smallest absolute Gasteiger partial charge is 0.286 e. The molecule has 1 heterocycles. The SMILES string of the molecule is O=C(CCCNC(=O)c1ccco1)NC1(c2ccccc2)CCC1. The van der Waals surface area contributed by atoms with E-state index in [-0.39, 0.29) is 23.1 Å². The molecule has 3 rings (SSSR count). The molecular weight excluding hydrogens is 304 g/mol. The molecule has 0 saturated heterocycles. The summed E-state index contributed by atoms with van der Waals surface area (Å²) >= 11 is 0. The zero-order chi connectivity index (χ0) is 16.8. The van der Waals surface area contributed by atoms with Gasteiger partial charge in [-0.15, -0.1) is 0 Å². The number of carbonyl (C=O) groups excluding carboxylic acids is 2. The molecule has 0 radical (unpaired) electrons. The Kier molecular flexibility index (Phi) is 4.99. The minimum atomic E-state index is -0.250. The second-order valence-corrected chi connectivity index (χ2v) is 6.19. The molecule has 1 fully saturated rings. The van der Waals surface area contributed by atoms with Gasteiger partial charge in [-0.2, -0.15) is 0 Å². The first-order valence-electron chi connectivity index (χ1n) is 8.38. The highest BCUT2D eigenvalue weighted by Crippen LogP contribution is 2.41. The van der Waals surface area contributed by atoms with Crippen LogP contribution in [0.3, 0.4) is 0 Å². The third-order valence-electron chi connectivity index (χ3n) is 4.52. The van der Waals surface area contributed by atoms with E-state index in [0.29, 0.717) is 19.4 Å². The second kappa shape index (κ2) is 7.34. The van der Waals surface area contributed by atoms with Crippen LogP contribution in [0, 0.1) is 0 Å². The molecule has 2 N–H and O–H groups in total. The van der Waals surface area contributed by atoms with Crippen LogP contribution in [0.1, 0.15) is 48.2 Å². The quantitative estimate of drug-likeness (QED) is 0.768. The number of nitrogens with one attached hydrogen (secondary N) is 2. The van der Waals surface area contributed by atoms with Crippen LogP contribution in [0.2, 0.25) is 0 Å². The van der Waals surface area contributed by atoms with E-state index in [9.17, 15) is 9.59 Å². The van der Waals surface area contributed by atoms with E-state index in [0.717, 1.165) is 19.3 Å². The minimum absolute atomic E-state index is 0.0331. The van der Waals surface area contributed by atoms with Gasteiger partial charge in [0.1, 0.15) is 0 Å². The van der Waals surface area contributed by atoms with Crippen molar-refractivity contribution in [2.45, 2.75) is 37.6 Å². The van der Waals surface area contributed by atoms with Crippen LogP contribution in [-0.2, 0) is 10.3 Å². The highest BCUT2D eigenvalue weighted by Gasteiger charge is 2.39. The highest BCUT2D eigenvalue weighted by atomic mass is 16.3. The molecule has 1 aliphatic carbocycles. The number of amides is 2. The van der Waals surface area contributed by atoms with Crippen LogP contribution in [0.15, 0.2) is 53.1 Å². The van der Waals surface area contributed by atoms with Crippen LogP contribution in [-0.4, -0.2) is 18.4 Å². The van der Waals surface area contributed by atoms with Crippen molar-refractivity contribution in [2.24, 2.45) is 0 Å². The molecular formula is C19H22N2O3. The molecule has 0 unspecified atom stereocenters. The second-order valence-electron chi connectivity index (χ2n) is 6.19. The standard InChI is InChI=1S/C19H22N2O3/c22-17(10-4-13-20-18(23)16-9-5-14-24-16)21-19(11-6-12-19)15-7-2-1-3-8-15/h1-3,5,7-9,14H,4,6,10-13H2,(H,20,23)(H,21,22). The van der Waals surface area contributed by atoms with E-state index in [2.05, 4.69) is 22.8 Å². The maximum atomic E-state index is 12.3. The van der Waals surface area contributed by atoms with E-state index in [4.69, 9.17) is 4.42 Å². The van der Waals surface area contributed by atoms with Crippen LogP contribution < -0.4 is 10.6 Å². The molecule has 126 valence electrons. The number of carbonyl (C=O) groups is 2. The summed E-state index contributed by atoms with van der Waals surface area (Å²) in [5.74, 6) is 0.0721. The zero-order valence-electron chi connectivity index (χ0n) is 13.6. The van der Waals surface area contributed by atoms with Gasteiger partial charge in [0.05, 0.1) is 11.8 Å². The Labute approximate surface area is 141 Å². The Morgan fingerprint density at radius 2 is 1.88 bits per heavy atom. The Bertz CT molecular complexity index is 676. The molecule has 24 heavy (non-hydrogen) atoms. The number of hydrogen-bond donors (Lipinski definition) is 2. The predicted octanol–water partition coefficient (Wildman–Crippen LogP) is 2.99. The lowest BCUT2D eigenvalue weighted by Crippen LogP contribution is -2.50. The molecule has 0 atom stereocenters. The van der Waals surface area contributed by atoms with Crippen LogP contribution in [0.5, 0.6) is 0 Å². The number of hydrogen-bond acceptors (Lipinski definition) is 3. The number of benzene rings is 1. The number of rotatable bonds is 7. The highest BCUT2D eigenvalue weighted by molar-refractivity contribution is 5.91. The summed E-state index contributed by atoms with van der Waals surface area (Å²) in [6, 6.07) is 13.4. The molecule has 5 heteroatoms. The summed E-state index contributed by atoms with van der Waals surface area (Å²) in [5, 5.41) is 5.94. The Morgan fingerprint density at radius 3 is 2.50 bits per heavy atom. The molecule has 5 nitrogen and oxygen atoms in total.